The van der Waals surface area contributed by atoms with Crippen LogP contribution in [-0.2, 0) is 13.1 Å². The Bertz CT molecular complexity index is 1000. The van der Waals surface area contributed by atoms with Crippen molar-refractivity contribution in [3.8, 4) is 0 Å². The fourth-order valence-corrected chi connectivity index (χ4v) is 4.89. The molecule has 0 saturated carbocycles. The maximum Gasteiger partial charge on any atom is 0.187 e. The van der Waals surface area contributed by atoms with Crippen molar-refractivity contribution in [1.82, 2.24) is 19.6 Å². The molecule has 2 saturated heterocycles. The molecule has 0 aliphatic carbocycles. The van der Waals surface area contributed by atoms with Gasteiger partial charge >= 0.3 is 0 Å². The fourth-order valence-electron chi connectivity index (χ4n) is 4.69. The summed E-state index contributed by atoms with van der Waals surface area (Å²) in [5.74, 6) is -0.189. The normalized spacial score (nSPS) is 20.8. The number of ketones is 1. The Balaban J connectivity index is 1.35. The molecular formula is C27H34ClFN4O. The van der Waals surface area contributed by atoms with E-state index in [1.54, 1.807) is 12.1 Å². The molecule has 2 aromatic rings. The average Bonchev–Trinajstić information content (AvgIpc) is 2.81. The van der Waals surface area contributed by atoms with Crippen molar-refractivity contribution >= 4 is 17.4 Å². The summed E-state index contributed by atoms with van der Waals surface area (Å²) in [6.45, 7) is 10.4. The number of carbonyl (C=O) groups excluding carboxylic acids is 1. The lowest BCUT2D eigenvalue weighted by molar-refractivity contribution is 0.102. The Hall–Kier alpha value is -2.25. The van der Waals surface area contributed by atoms with Crippen molar-refractivity contribution < 1.29 is 9.18 Å². The minimum atomic E-state index is -0.205. The lowest BCUT2D eigenvalue weighted by Crippen LogP contribution is -2.49. The molecule has 2 aliphatic rings. The molecule has 2 fully saturated rings. The number of nitrogens with zero attached hydrogens (tertiary/aromatic N) is 4. The summed E-state index contributed by atoms with van der Waals surface area (Å²) in [6, 6.07) is 12.6. The van der Waals surface area contributed by atoms with E-state index in [9.17, 15) is 9.18 Å². The van der Waals surface area contributed by atoms with Crippen LogP contribution in [0.4, 0.5) is 4.39 Å². The molecule has 2 aliphatic heterocycles. The first-order chi connectivity index (χ1) is 16.4. The molecule has 0 spiro atoms. The van der Waals surface area contributed by atoms with Gasteiger partial charge in [-0.05, 0) is 55.4 Å². The van der Waals surface area contributed by atoms with Crippen LogP contribution in [-0.4, -0.2) is 84.3 Å². The maximum absolute atomic E-state index is 13.2. The molecule has 7 heteroatoms. The Labute approximate surface area is 207 Å². The summed E-state index contributed by atoms with van der Waals surface area (Å²) in [6.07, 6.45) is 3.64. The number of rotatable bonds is 7. The predicted octanol–water partition coefficient (Wildman–Crippen LogP) is 4.13. The van der Waals surface area contributed by atoms with Gasteiger partial charge in [-0.15, -0.1) is 0 Å². The average molecular weight is 485 g/mol. The summed E-state index contributed by atoms with van der Waals surface area (Å²) in [5.41, 5.74) is 2.83. The summed E-state index contributed by atoms with van der Waals surface area (Å²) in [7, 11) is 2.14. The molecule has 2 heterocycles. The van der Waals surface area contributed by atoms with E-state index in [4.69, 9.17) is 11.6 Å². The van der Waals surface area contributed by atoms with Crippen LogP contribution in [0.15, 0.2) is 54.7 Å². The number of piperazine rings is 2. The van der Waals surface area contributed by atoms with Crippen molar-refractivity contribution in [2.45, 2.75) is 26.1 Å². The first kappa shape index (κ1) is 24.9. The fraction of sp³-hybridized carbons (Fsp3) is 0.444. The highest BCUT2D eigenvalue weighted by Crippen LogP contribution is 2.20. The van der Waals surface area contributed by atoms with Crippen LogP contribution in [0.3, 0.4) is 0 Å². The lowest BCUT2D eigenvalue weighted by Gasteiger charge is -2.39. The van der Waals surface area contributed by atoms with Gasteiger partial charge in [0.15, 0.2) is 5.78 Å². The molecule has 1 atom stereocenters. The molecule has 0 radical (unpaired) electrons. The monoisotopic (exact) mass is 484 g/mol. The number of benzene rings is 2. The third-order valence-electron chi connectivity index (χ3n) is 6.82. The zero-order chi connectivity index (χ0) is 24.1. The van der Waals surface area contributed by atoms with E-state index >= 15 is 0 Å². The van der Waals surface area contributed by atoms with Gasteiger partial charge in [0, 0.05) is 87.8 Å². The molecule has 2 aromatic carbocycles. The van der Waals surface area contributed by atoms with Gasteiger partial charge in [0.1, 0.15) is 5.82 Å². The molecule has 5 nitrogen and oxygen atoms in total. The van der Waals surface area contributed by atoms with Crippen molar-refractivity contribution in [3.63, 3.8) is 0 Å². The second-order valence-corrected chi connectivity index (χ2v) is 9.95. The standard InChI is InChI=1S/C27H34ClFN4O/c1-21-18-32(19-22-3-6-25(29)7-4-22)15-16-33(21)10-9-27(34)26-8-5-24(28)17-23(26)20-31-13-11-30(2)12-14-31/h3-10,17,21H,11-16,18-20H2,1-2H3/b10-9+. The number of allylic oxidation sites excluding steroid dienone is 1. The van der Waals surface area contributed by atoms with Crippen molar-refractivity contribution in [2.75, 3.05) is 52.9 Å². The Kier molecular flexibility index (Phi) is 8.37. The van der Waals surface area contributed by atoms with Gasteiger partial charge in [0.2, 0.25) is 0 Å². The third-order valence-corrected chi connectivity index (χ3v) is 7.06. The summed E-state index contributed by atoms with van der Waals surface area (Å²) >= 11 is 6.27. The van der Waals surface area contributed by atoms with Gasteiger partial charge in [-0.25, -0.2) is 4.39 Å². The number of carbonyl (C=O) groups is 1. The molecule has 0 aromatic heterocycles. The third kappa shape index (κ3) is 6.66. The van der Waals surface area contributed by atoms with Gasteiger partial charge in [-0.1, -0.05) is 23.7 Å². The number of hydrogen-bond acceptors (Lipinski definition) is 5. The first-order valence-corrected chi connectivity index (χ1v) is 12.4. The van der Waals surface area contributed by atoms with Gasteiger partial charge in [0.05, 0.1) is 0 Å². The van der Waals surface area contributed by atoms with Crippen LogP contribution >= 0.6 is 11.6 Å². The zero-order valence-corrected chi connectivity index (χ0v) is 20.8. The highest BCUT2D eigenvalue weighted by molar-refractivity contribution is 6.30. The van der Waals surface area contributed by atoms with Crippen molar-refractivity contribution in [3.05, 3.63) is 82.3 Å². The lowest BCUT2D eigenvalue weighted by atomic mass is 10.0. The summed E-state index contributed by atoms with van der Waals surface area (Å²) in [5, 5.41) is 0.663. The van der Waals surface area contributed by atoms with Crippen LogP contribution in [0, 0.1) is 5.82 Å². The van der Waals surface area contributed by atoms with Crippen LogP contribution in [0.25, 0.3) is 0 Å². The van der Waals surface area contributed by atoms with Gasteiger partial charge in [-0.2, -0.15) is 0 Å². The minimum absolute atomic E-state index is 0.0155. The SMILES string of the molecule is CC1CN(Cc2ccc(F)cc2)CCN1/C=C/C(=O)c1ccc(Cl)cc1CN1CCN(C)CC1. The molecule has 34 heavy (non-hydrogen) atoms. The molecular weight excluding hydrogens is 451 g/mol. The largest absolute Gasteiger partial charge is 0.372 e. The molecule has 0 N–H and O–H groups in total. The summed E-state index contributed by atoms with van der Waals surface area (Å²) in [4.78, 5) is 22.4. The molecule has 0 bridgehead atoms. The van der Waals surface area contributed by atoms with Crippen LogP contribution in [0.5, 0.6) is 0 Å². The van der Waals surface area contributed by atoms with E-state index in [1.165, 1.54) is 12.1 Å². The Morgan fingerprint density at radius 3 is 2.41 bits per heavy atom. The number of halogens is 2. The van der Waals surface area contributed by atoms with Gasteiger partial charge in [-0.3, -0.25) is 14.6 Å². The maximum atomic E-state index is 13.2. The first-order valence-electron chi connectivity index (χ1n) is 12.0. The number of likely N-dealkylation sites (N-methyl/N-ethyl adjacent to an activating group) is 1. The van der Waals surface area contributed by atoms with Crippen LogP contribution in [0.2, 0.25) is 5.02 Å². The van der Waals surface area contributed by atoms with Gasteiger partial charge in [0.25, 0.3) is 0 Å². The molecule has 182 valence electrons. The van der Waals surface area contributed by atoms with E-state index in [0.29, 0.717) is 5.02 Å². The highest BCUT2D eigenvalue weighted by atomic mass is 35.5. The van der Waals surface area contributed by atoms with Crippen molar-refractivity contribution in [1.29, 1.82) is 0 Å². The van der Waals surface area contributed by atoms with Crippen LogP contribution in [0.1, 0.15) is 28.4 Å². The van der Waals surface area contributed by atoms with Crippen LogP contribution < -0.4 is 0 Å². The van der Waals surface area contributed by atoms with E-state index in [2.05, 4.69) is 33.6 Å². The topological polar surface area (TPSA) is 30.0 Å². The smallest absolute Gasteiger partial charge is 0.187 e. The Morgan fingerprint density at radius 1 is 1.00 bits per heavy atom. The summed E-state index contributed by atoms with van der Waals surface area (Å²) < 4.78 is 13.2. The second-order valence-electron chi connectivity index (χ2n) is 9.51. The van der Waals surface area contributed by atoms with E-state index < -0.39 is 0 Å². The van der Waals surface area contributed by atoms with Crippen molar-refractivity contribution in [2.24, 2.45) is 0 Å². The highest BCUT2D eigenvalue weighted by Gasteiger charge is 2.22. The Morgan fingerprint density at radius 2 is 1.71 bits per heavy atom. The van der Waals surface area contributed by atoms with E-state index in [0.717, 1.165) is 75.6 Å². The van der Waals surface area contributed by atoms with E-state index in [1.807, 2.05) is 30.5 Å². The second kappa shape index (κ2) is 11.5. The van der Waals surface area contributed by atoms with E-state index in [-0.39, 0.29) is 17.6 Å². The zero-order valence-electron chi connectivity index (χ0n) is 20.1. The molecule has 0 amide bonds. The predicted molar refractivity (Wildman–Crippen MR) is 136 cm³/mol. The number of hydrogen-bond donors (Lipinski definition) is 0. The molecule has 1 unspecified atom stereocenters. The minimum Gasteiger partial charge on any atom is -0.372 e. The molecule has 4 rings (SSSR count). The quantitative estimate of drug-likeness (QED) is 0.435. The van der Waals surface area contributed by atoms with Gasteiger partial charge < -0.3 is 9.80 Å².